The van der Waals surface area contributed by atoms with E-state index in [1.165, 1.54) is 4.57 Å². The number of nitrogens with zero attached hydrogens (tertiary/aromatic N) is 2. The van der Waals surface area contributed by atoms with Gasteiger partial charge in [-0.05, 0) is 19.4 Å². The molecule has 5 nitrogen and oxygen atoms in total. The molecule has 1 atom stereocenters. The molecule has 0 aliphatic heterocycles. The van der Waals surface area contributed by atoms with Crippen LogP contribution >= 0.6 is 0 Å². The molecule has 17 heavy (non-hydrogen) atoms. The van der Waals surface area contributed by atoms with Crippen LogP contribution in [0.15, 0.2) is 10.4 Å². The number of hydrogen-bond acceptors (Lipinski definition) is 3. The van der Waals surface area contributed by atoms with Crippen molar-refractivity contribution in [1.82, 2.24) is 9.55 Å². The normalized spacial score (nSPS) is 18.4. The molecule has 0 radical (unpaired) electrons. The van der Waals surface area contributed by atoms with Gasteiger partial charge in [-0.3, -0.25) is 9.36 Å². The lowest BCUT2D eigenvalue weighted by molar-refractivity contribution is -0.132. The van der Waals surface area contributed by atoms with Gasteiger partial charge in [-0.15, -0.1) is 0 Å². The number of carbonyl (C=O) groups is 1. The lowest BCUT2D eigenvalue weighted by Crippen LogP contribution is -2.25. The van der Waals surface area contributed by atoms with E-state index >= 15 is 0 Å². The molecule has 88 valence electrons. The molecule has 0 fully saturated rings. The lowest BCUT2D eigenvalue weighted by atomic mass is 9.80. The van der Waals surface area contributed by atoms with E-state index in [1.54, 1.807) is 28.7 Å². The summed E-state index contributed by atoms with van der Waals surface area (Å²) < 4.78 is 1.44. The first-order chi connectivity index (χ1) is 7.86. The van der Waals surface area contributed by atoms with Crippen LogP contribution in [0.1, 0.15) is 29.8 Å². The molecule has 1 aliphatic carbocycles. The third kappa shape index (κ3) is 1.44. The predicted molar refractivity (Wildman–Crippen MR) is 65.7 cm³/mol. The van der Waals surface area contributed by atoms with Crippen molar-refractivity contribution in [3.63, 3.8) is 0 Å². The monoisotopic (exact) mass is 232 g/mol. The second-order valence-corrected chi connectivity index (χ2v) is 4.35. The van der Waals surface area contributed by atoms with Gasteiger partial charge in [-0.2, -0.15) is 0 Å². The van der Waals surface area contributed by atoms with Gasteiger partial charge in [-0.25, -0.2) is 9.78 Å². The molecule has 6 heteroatoms. The van der Waals surface area contributed by atoms with Gasteiger partial charge >= 0.3 is 5.97 Å². The zero-order chi connectivity index (χ0) is 12.9. The maximum absolute atomic E-state index is 12.1. The van der Waals surface area contributed by atoms with E-state index in [0.29, 0.717) is 22.7 Å². The van der Waals surface area contributed by atoms with Crippen LogP contribution in [-0.4, -0.2) is 28.5 Å². The van der Waals surface area contributed by atoms with Gasteiger partial charge in [0, 0.05) is 18.4 Å². The van der Waals surface area contributed by atoms with Crippen molar-refractivity contribution < 1.29 is 9.90 Å². The number of aromatic nitrogens is 2. The highest BCUT2D eigenvalue weighted by molar-refractivity contribution is 6.22. The first-order valence-corrected chi connectivity index (χ1v) is 5.38. The molecule has 0 bridgehead atoms. The SMILES string of the molecule is BC1C(C(=O)O)=C(C)c2c1nc(C)n(C)c2=O. The number of rotatable bonds is 1. The Hall–Kier alpha value is -1.85. The smallest absolute Gasteiger partial charge is 0.331 e. The van der Waals surface area contributed by atoms with Crippen molar-refractivity contribution in [2.45, 2.75) is 19.7 Å². The maximum atomic E-state index is 12.1. The minimum Gasteiger partial charge on any atom is -0.478 e. The summed E-state index contributed by atoms with van der Waals surface area (Å²) in [6.45, 7) is 3.41. The molecule has 0 aromatic carbocycles. The Morgan fingerprint density at radius 2 is 2.06 bits per heavy atom. The molecule has 0 amide bonds. The standard InChI is InChI=1S/C11H13BN2O3/c1-4-6(11(16)17)8(12)9-7(4)10(15)14(3)5(2)13-9/h8H,12H2,1-3H3,(H,16,17). The molecule has 0 saturated heterocycles. The molecule has 1 N–H and O–H groups in total. The van der Waals surface area contributed by atoms with Crippen molar-refractivity contribution in [3.05, 3.63) is 33.0 Å². The Labute approximate surface area is 99.2 Å². The molecular formula is C11H13BN2O3. The van der Waals surface area contributed by atoms with E-state index in [2.05, 4.69) is 4.98 Å². The molecule has 2 rings (SSSR count). The maximum Gasteiger partial charge on any atom is 0.331 e. The Morgan fingerprint density at radius 1 is 1.47 bits per heavy atom. The number of carboxylic acids is 1. The second-order valence-electron chi connectivity index (χ2n) is 4.35. The fourth-order valence-electron chi connectivity index (χ4n) is 2.34. The van der Waals surface area contributed by atoms with Crippen LogP contribution in [0.25, 0.3) is 5.57 Å². The van der Waals surface area contributed by atoms with Crippen molar-refractivity contribution in [2.24, 2.45) is 7.05 Å². The zero-order valence-corrected chi connectivity index (χ0v) is 10.2. The summed E-state index contributed by atoms with van der Waals surface area (Å²) in [4.78, 5) is 27.6. The summed E-state index contributed by atoms with van der Waals surface area (Å²) in [6.07, 6.45) is 0. The summed E-state index contributed by atoms with van der Waals surface area (Å²) in [7, 11) is 3.41. The largest absolute Gasteiger partial charge is 0.478 e. The van der Waals surface area contributed by atoms with Crippen LogP contribution in [0, 0.1) is 6.92 Å². The first kappa shape index (κ1) is 11.6. The third-order valence-electron chi connectivity index (χ3n) is 3.39. The number of hydrogen-bond donors (Lipinski definition) is 1. The number of carboxylic acid groups (broad SMARTS) is 1. The third-order valence-corrected chi connectivity index (χ3v) is 3.39. The van der Waals surface area contributed by atoms with Gasteiger partial charge in [0.15, 0.2) is 0 Å². The minimum atomic E-state index is -0.979. The van der Waals surface area contributed by atoms with Crippen LogP contribution in [0.2, 0.25) is 0 Å². The van der Waals surface area contributed by atoms with Gasteiger partial charge < -0.3 is 5.11 Å². The average Bonchev–Trinajstić information content (AvgIpc) is 2.48. The Morgan fingerprint density at radius 3 is 2.59 bits per heavy atom. The Balaban J connectivity index is 2.83. The second kappa shape index (κ2) is 3.58. The first-order valence-electron chi connectivity index (χ1n) is 5.38. The summed E-state index contributed by atoms with van der Waals surface area (Å²) in [5.41, 5.74) is 1.67. The van der Waals surface area contributed by atoms with Crippen LogP contribution in [0.5, 0.6) is 0 Å². The number of aryl methyl sites for hydroxylation is 1. The highest BCUT2D eigenvalue weighted by Gasteiger charge is 2.34. The van der Waals surface area contributed by atoms with Crippen molar-refractivity contribution in [2.75, 3.05) is 0 Å². The van der Waals surface area contributed by atoms with Crippen molar-refractivity contribution in [3.8, 4) is 0 Å². The predicted octanol–water partition coefficient (Wildman–Crippen LogP) is -0.365. The van der Waals surface area contributed by atoms with E-state index in [-0.39, 0.29) is 16.9 Å². The zero-order valence-electron chi connectivity index (χ0n) is 10.2. The summed E-state index contributed by atoms with van der Waals surface area (Å²) in [5.74, 6) is -0.706. The van der Waals surface area contributed by atoms with Crippen LogP contribution in [0.3, 0.4) is 0 Å². The van der Waals surface area contributed by atoms with E-state index in [0.717, 1.165) is 0 Å². The molecule has 1 aromatic rings. The van der Waals surface area contributed by atoms with Crippen LogP contribution in [0.4, 0.5) is 0 Å². The number of allylic oxidation sites excluding steroid dienone is 1. The molecule has 0 spiro atoms. The van der Waals surface area contributed by atoms with Gasteiger partial charge in [-0.1, -0.05) is 0 Å². The lowest BCUT2D eigenvalue weighted by Gasteiger charge is -2.09. The Bertz CT molecular complexity index is 616. The fourth-order valence-corrected chi connectivity index (χ4v) is 2.34. The van der Waals surface area contributed by atoms with Gasteiger partial charge in [0.25, 0.3) is 5.56 Å². The van der Waals surface area contributed by atoms with Crippen LogP contribution < -0.4 is 5.56 Å². The summed E-state index contributed by atoms with van der Waals surface area (Å²) in [6, 6.07) is 0. The molecule has 1 aliphatic rings. The van der Waals surface area contributed by atoms with E-state index in [9.17, 15) is 9.59 Å². The van der Waals surface area contributed by atoms with Gasteiger partial charge in [0.1, 0.15) is 13.7 Å². The summed E-state index contributed by atoms with van der Waals surface area (Å²) in [5, 5.41) is 9.16. The molecule has 1 unspecified atom stereocenters. The molecule has 1 heterocycles. The quantitative estimate of drug-likeness (QED) is 0.671. The van der Waals surface area contributed by atoms with Gasteiger partial charge in [0.05, 0.1) is 11.3 Å². The van der Waals surface area contributed by atoms with Crippen molar-refractivity contribution in [1.29, 1.82) is 0 Å². The molecular weight excluding hydrogens is 219 g/mol. The Kier molecular flexibility index (Phi) is 2.45. The van der Waals surface area contributed by atoms with E-state index in [4.69, 9.17) is 5.11 Å². The van der Waals surface area contributed by atoms with E-state index in [1.807, 2.05) is 0 Å². The fraction of sp³-hybridized carbons (Fsp3) is 0.364. The van der Waals surface area contributed by atoms with Gasteiger partial charge in [0.2, 0.25) is 0 Å². The topological polar surface area (TPSA) is 72.2 Å². The molecule has 1 aromatic heterocycles. The average molecular weight is 232 g/mol. The van der Waals surface area contributed by atoms with E-state index < -0.39 is 5.97 Å². The highest BCUT2D eigenvalue weighted by Crippen LogP contribution is 2.36. The minimum absolute atomic E-state index is 0.173. The number of fused-ring (bicyclic) bond motifs is 1. The van der Waals surface area contributed by atoms with Crippen molar-refractivity contribution >= 4 is 19.4 Å². The molecule has 0 saturated carbocycles. The van der Waals surface area contributed by atoms with Crippen LogP contribution in [-0.2, 0) is 11.8 Å². The summed E-state index contributed by atoms with van der Waals surface area (Å²) >= 11 is 0. The number of aliphatic carboxylic acids is 1. The highest BCUT2D eigenvalue weighted by atomic mass is 16.4.